The van der Waals surface area contributed by atoms with Gasteiger partial charge in [-0.3, -0.25) is 10.1 Å². The quantitative estimate of drug-likeness (QED) is 0.653. The normalized spacial score (nSPS) is 10.4. The van der Waals surface area contributed by atoms with Crippen LogP contribution in [0.4, 0.5) is 11.5 Å². The van der Waals surface area contributed by atoms with Crippen LogP contribution in [0.25, 0.3) is 0 Å². The number of aryl methyl sites for hydroxylation is 2. The molecule has 1 heterocycles. The molecule has 2 aromatic rings. The van der Waals surface area contributed by atoms with Crippen LogP contribution in [0.3, 0.4) is 0 Å². The molecule has 21 heavy (non-hydrogen) atoms. The number of hydrogen-bond donors (Lipinski definition) is 1. The van der Waals surface area contributed by atoms with Gasteiger partial charge in [-0.05, 0) is 19.9 Å². The molecule has 0 spiro atoms. The molecule has 0 unspecified atom stereocenters. The van der Waals surface area contributed by atoms with Gasteiger partial charge in [0, 0.05) is 18.7 Å². The fraction of sp³-hybridized carbons (Fsp3) is 0.357. The minimum absolute atomic E-state index is 0.0201. The maximum atomic E-state index is 11.2. The van der Waals surface area contributed by atoms with Crippen LogP contribution in [-0.2, 0) is 13.1 Å². The lowest BCUT2D eigenvalue weighted by Crippen LogP contribution is -2.09. The van der Waals surface area contributed by atoms with Crippen LogP contribution in [0, 0.1) is 17.0 Å². The van der Waals surface area contributed by atoms with E-state index in [0.717, 1.165) is 11.3 Å². The summed E-state index contributed by atoms with van der Waals surface area (Å²) in [7, 11) is 1.60. The van der Waals surface area contributed by atoms with E-state index < -0.39 is 4.92 Å². The third kappa shape index (κ3) is 2.96. The van der Waals surface area contributed by atoms with Gasteiger partial charge < -0.3 is 10.1 Å². The topological polar surface area (TPSA) is 82.2 Å². The van der Waals surface area contributed by atoms with Crippen molar-refractivity contribution in [1.29, 1.82) is 0 Å². The molecule has 0 aliphatic carbocycles. The lowest BCUT2D eigenvalue weighted by molar-refractivity contribution is -0.384. The van der Waals surface area contributed by atoms with Crippen molar-refractivity contribution < 1.29 is 9.66 Å². The number of anilines is 1. The zero-order chi connectivity index (χ0) is 15.4. The fourth-order valence-electron chi connectivity index (χ4n) is 2.22. The van der Waals surface area contributed by atoms with E-state index in [1.165, 1.54) is 0 Å². The van der Waals surface area contributed by atoms with E-state index in [-0.39, 0.29) is 5.69 Å². The number of benzene rings is 1. The molecule has 0 saturated heterocycles. The zero-order valence-electron chi connectivity index (χ0n) is 12.3. The van der Waals surface area contributed by atoms with Crippen LogP contribution >= 0.6 is 0 Å². The lowest BCUT2D eigenvalue weighted by Gasteiger charge is -2.10. The van der Waals surface area contributed by atoms with E-state index in [0.29, 0.717) is 24.6 Å². The Morgan fingerprint density at radius 3 is 2.76 bits per heavy atom. The fourth-order valence-corrected chi connectivity index (χ4v) is 2.22. The van der Waals surface area contributed by atoms with E-state index >= 15 is 0 Å². The second-order valence-corrected chi connectivity index (χ2v) is 4.52. The molecule has 7 nitrogen and oxygen atoms in total. The summed E-state index contributed by atoms with van der Waals surface area (Å²) in [6.07, 6.45) is 0. The van der Waals surface area contributed by atoms with Gasteiger partial charge in [-0.1, -0.05) is 18.2 Å². The van der Waals surface area contributed by atoms with E-state index in [9.17, 15) is 10.1 Å². The van der Waals surface area contributed by atoms with Gasteiger partial charge in [0.25, 0.3) is 0 Å². The van der Waals surface area contributed by atoms with Gasteiger partial charge in [-0.25, -0.2) is 4.68 Å². The number of hydrogen-bond acceptors (Lipinski definition) is 5. The Hall–Kier alpha value is -2.57. The monoisotopic (exact) mass is 290 g/mol. The van der Waals surface area contributed by atoms with Crippen molar-refractivity contribution in [3.05, 3.63) is 45.6 Å². The number of para-hydroxylation sites is 1. The van der Waals surface area contributed by atoms with Gasteiger partial charge in [-0.15, -0.1) is 0 Å². The van der Waals surface area contributed by atoms with E-state index in [4.69, 9.17) is 4.74 Å². The Bertz CT molecular complexity index is 652. The average Bonchev–Trinajstić information content (AvgIpc) is 2.81. The number of nitrogens with zero attached hydrogens (tertiary/aromatic N) is 3. The molecule has 0 fully saturated rings. The summed E-state index contributed by atoms with van der Waals surface area (Å²) in [6, 6.07) is 7.55. The van der Waals surface area contributed by atoms with Crippen molar-refractivity contribution in [2.45, 2.75) is 26.9 Å². The third-order valence-corrected chi connectivity index (χ3v) is 3.22. The van der Waals surface area contributed by atoms with Crippen LogP contribution in [0.15, 0.2) is 24.3 Å². The van der Waals surface area contributed by atoms with Crippen molar-refractivity contribution in [3.8, 4) is 5.75 Å². The Labute approximate surface area is 122 Å². The number of rotatable bonds is 6. The van der Waals surface area contributed by atoms with Gasteiger partial charge in [0.05, 0.1) is 12.0 Å². The largest absolute Gasteiger partial charge is 0.496 e. The van der Waals surface area contributed by atoms with Crippen molar-refractivity contribution in [2.24, 2.45) is 0 Å². The van der Waals surface area contributed by atoms with Gasteiger partial charge in [0.2, 0.25) is 5.82 Å². The molecular formula is C14H18N4O3. The summed E-state index contributed by atoms with van der Waals surface area (Å²) >= 11 is 0. The molecule has 1 aromatic carbocycles. The van der Waals surface area contributed by atoms with Gasteiger partial charge in [0.15, 0.2) is 0 Å². The van der Waals surface area contributed by atoms with Crippen LogP contribution in [0.1, 0.15) is 18.2 Å². The molecule has 0 aliphatic rings. The summed E-state index contributed by atoms with van der Waals surface area (Å²) in [4.78, 5) is 10.8. The minimum atomic E-state index is -0.404. The second kappa shape index (κ2) is 6.25. The Kier molecular flexibility index (Phi) is 4.42. The summed E-state index contributed by atoms with van der Waals surface area (Å²) in [5.74, 6) is 1.16. The van der Waals surface area contributed by atoms with Crippen LogP contribution in [0.5, 0.6) is 5.75 Å². The summed E-state index contributed by atoms with van der Waals surface area (Å²) in [5.41, 5.74) is 1.35. The van der Waals surface area contributed by atoms with Gasteiger partial charge in [0.1, 0.15) is 11.4 Å². The molecule has 0 radical (unpaired) electrons. The van der Waals surface area contributed by atoms with E-state index in [1.54, 1.807) is 18.7 Å². The van der Waals surface area contributed by atoms with Crippen molar-refractivity contribution in [2.75, 3.05) is 12.4 Å². The summed E-state index contributed by atoms with van der Waals surface area (Å²) in [5, 5.41) is 18.5. The first-order valence-electron chi connectivity index (χ1n) is 6.66. The van der Waals surface area contributed by atoms with Crippen LogP contribution in [0.2, 0.25) is 0 Å². The first-order valence-corrected chi connectivity index (χ1v) is 6.66. The molecule has 0 aliphatic heterocycles. The third-order valence-electron chi connectivity index (χ3n) is 3.22. The number of nitrogens with one attached hydrogen (secondary N) is 1. The molecule has 0 amide bonds. The van der Waals surface area contributed by atoms with Crippen molar-refractivity contribution in [3.63, 3.8) is 0 Å². The van der Waals surface area contributed by atoms with Crippen LogP contribution in [-0.4, -0.2) is 21.8 Å². The number of methoxy groups -OCH3 is 1. The molecular weight excluding hydrogens is 272 g/mol. The summed E-state index contributed by atoms with van der Waals surface area (Å²) < 4.78 is 6.88. The van der Waals surface area contributed by atoms with Crippen LogP contribution < -0.4 is 10.1 Å². The van der Waals surface area contributed by atoms with Crippen molar-refractivity contribution in [1.82, 2.24) is 9.78 Å². The Morgan fingerprint density at radius 1 is 1.43 bits per heavy atom. The maximum absolute atomic E-state index is 11.2. The minimum Gasteiger partial charge on any atom is -0.496 e. The highest BCUT2D eigenvalue weighted by Crippen LogP contribution is 2.29. The van der Waals surface area contributed by atoms with E-state index in [1.807, 2.05) is 31.2 Å². The van der Waals surface area contributed by atoms with Gasteiger partial charge >= 0.3 is 5.69 Å². The second-order valence-electron chi connectivity index (χ2n) is 4.52. The lowest BCUT2D eigenvalue weighted by atomic mass is 10.2. The Morgan fingerprint density at radius 2 is 2.14 bits per heavy atom. The molecule has 1 aromatic heterocycles. The predicted octanol–water partition coefficient (Wildman–Crippen LogP) is 2.74. The SMILES string of the molecule is CCn1nc(C)c([N+](=O)[O-])c1NCc1ccccc1OC. The van der Waals surface area contributed by atoms with Crippen molar-refractivity contribution >= 4 is 11.5 Å². The van der Waals surface area contributed by atoms with E-state index in [2.05, 4.69) is 10.4 Å². The molecule has 1 N–H and O–H groups in total. The number of aromatic nitrogens is 2. The smallest absolute Gasteiger partial charge is 0.333 e. The number of ether oxygens (including phenoxy) is 1. The molecule has 2 rings (SSSR count). The highest BCUT2D eigenvalue weighted by atomic mass is 16.6. The highest BCUT2D eigenvalue weighted by molar-refractivity contribution is 5.60. The van der Waals surface area contributed by atoms with Gasteiger partial charge in [-0.2, -0.15) is 5.10 Å². The summed E-state index contributed by atoms with van der Waals surface area (Å²) in [6.45, 7) is 4.52. The first kappa shape index (κ1) is 14.8. The molecule has 7 heteroatoms. The highest BCUT2D eigenvalue weighted by Gasteiger charge is 2.24. The zero-order valence-corrected chi connectivity index (χ0v) is 12.3. The molecule has 0 bridgehead atoms. The first-order chi connectivity index (χ1) is 10.1. The number of nitro groups is 1. The standard InChI is InChI=1S/C14H18N4O3/c1-4-17-14(13(18(19)20)10(2)16-17)15-9-11-7-5-6-8-12(11)21-3/h5-8,15H,4,9H2,1-3H3. The predicted molar refractivity (Wildman–Crippen MR) is 79.6 cm³/mol. The Balaban J connectivity index is 2.29. The maximum Gasteiger partial charge on any atom is 0.333 e. The molecule has 112 valence electrons. The average molecular weight is 290 g/mol. The molecule has 0 atom stereocenters. The molecule has 0 saturated carbocycles.